The molecule has 0 amide bonds. The first-order valence-electron chi connectivity index (χ1n) is 19.3. The predicted molar refractivity (Wildman–Crippen MR) is 187 cm³/mol. The topological polar surface area (TPSA) is 214 Å². The van der Waals surface area contributed by atoms with Crippen molar-refractivity contribution in [2.45, 2.75) is 184 Å². The van der Waals surface area contributed by atoms with E-state index >= 15 is 0 Å². The standard InChI is InChI=1S/C37H68O14/c1-3-5-7-9-10-11-12-13-14-15-16-17-19-21-46-23-26(49-29(39)20-18-8-6-4-2)24-47-36-35(45)33(43)31(41)28(51-36)25-48-37-34(44)32(42)30(40)27(22-38)50-37/h10-11,26-28,30-38,40-45H,3-9,12-25H2,1-2H3/b11-10-. The van der Waals surface area contributed by atoms with Crippen LogP contribution in [0.25, 0.3) is 0 Å². The summed E-state index contributed by atoms with van der Waals surface area (Å²) in [5, 5.41) is 71.3. The summed E-state index contributed by atoms with van der Waals surface area (Å²) in [6, 6.07) is 0. The van der Waals surface area contributed by atoms with Crippen molar-refractivity contribution >= 4 is 5.97 Å². The monoisotopic (exact) mass is 736 g/mol. The average molecular weight is 737 g/mol. The SMILES string of the molecule is CCCCC/C=C\CCCCCCCCOCC(COC1OC(COC2OC(CO)C(O)C(O)C2O)C(O)C(O)C1O)OC(=O)CCCCCC. The van der Waals surface area contributed by atoms with E-state index in [-0.39, 0.29) is 19.6 Å². The second-order valence-electron chi connectivity index (χ2n) is 13.8. The summed E-state index contributed by atoms with van der Waals surface area (Å²) in [4.78, 5) is 12.6. The van der Waals surface area contributed by atoms with Crippen LogP contribution in [-0.2, 0) is 33.2 Å². The molecule has 0 spiro atoms. The van der Waals surface area contributed by atoms with E-state index in [2.05, 4.69) is 26.0 Å². The van der Waals surface area contributed by atoms with Crippen LogP contribution < -0.4 is 0 Å². The Morgan fingerprint density at radius 1 is 0.627 bits per heavy atom. The van der Waals surface area contributed by atoms with Gasteiger partial charge in [-0.3, -0.25) is 4.79 Å². The van der Waals surface area contributed by atoms with Crippen LogP contribution in [0.3, 0.4) is 0 Å². The Bertz CT molecular complexity index is 907. The Balaban J connectivity index is 1.81. The first-order chi connectivity index (χ1) is 24.6. The third-order valence-corrected chi connectivity index (χ3v) is 9.27. The van der Waals surface area contributed by atoms with Crippen LogP contribution in [0.2, 0.25) is 0 Å². The van der Waals surface area contributed by atoms with Crippen molar-refractivity contribution in [2.75, 3.05) is 33.0 Å². The lowest BCUT2D eigenvalue weighted by atomic mass is 9.98. The predicted octanol–water partition coefficient (Wildman–Crippen LogP) is 2.39. The van der Waals surface area contributed by atoms with Crippen molar-refractivity contribution in [1.29, 1.82) is 0 Å². The van der Waals surface area contributed by atoms with E-state index in [1.165, 1.54) is 44.9 Å². The van der Waals surface area contributed by atoms with Crippen molar-refractivity contribution in [2.24, 2.45) is 0 Å². The van der Waals surface area contributed by atoms with Crippen LogP contribution in [0, 0.1) is 0 Å². The van der Waals surface area contributed by atoms with Crippen LogP contribution in [0.1, 0.15) is 117 Å². The highest BCUT2D eigenvalue weighted by atomic mass is 16.7. The Labute approximate surface area is 304 Å². The number of aliphatic hydroxyl groups is 7. The molecule has 2 saturated heterocycles. The van der Waals surface area contributed by atoms with Crippen molar-refractivity contribution in [3.8, 4) is 0 Å². The number of carbonyl (C=O) groups is 1. The molecule has 2 aliphatic heterocycles. The normalized spacial score (nSPS) is 30.5. The fourth-order valence-electron chi connectivity index (χ4n) is 5.98. The Morgan fingerprint density at radius 2 is 1.16 bits per heavy atom. The number of aliphatic hydroxyl groups excluding tert-OH is 7. The number of rotatable bonds is 28. The minimum Gasteiger partial charge on any atom is -0.457 e. The zero-order valence-electron chi connectivity index (χ0n) is 30.8. The molecule has 2 rings (SSSR count). The highest BCUT2D eigenvalue weighted by molar-refractivity contribution is 5.69. The molecule has 14 nitrogen and oxygen atoms in total. The van der Waals surface area contributed by atoms with Gasteiger partial charge in [-0.1, -0.05) is 83.8 Å². The molecule has 0 bridgehead atoms. The number of hydrogen-bond donors (Lipinski definition) is 7. The molecule has 0 radical (unpaired) electrons. The largest absolute Gasteiger partial charge is 0.457 e. The maximum Gasteiger partial charge on any atom is 0.306 e. The molecule has 0 aromatic heterocycles. The minimum absolute atomic E-state index is 0.0585. The van der Waals surface area contributed by atoms with Gasteiger partial charge in [-0.05, 0) is 38.5 Å². The molecular formula is C37H68O14. The second-order valence-corrected chi connectivity index (χ2v) is 13.8. The van der Waals surface area contributed by atoms with Gasteiger partial charge in [0.15, 0.2) is 12.6 Å². The molecule has 14 heteroatoms. The molecular weight excluding hydrogens is 668 g/mol. The van der Waals surface area contributed by atoms with Gasteiger partial charge in [-0.2, -0.15) is 0 Å². The summed E-state index contributed by atoms with van der Waals surface area (Å²) < 4.78 is 33.7. The van der Waals surface area contributed by atoms with Gasteiger partial charge in [-0.15, -0.1) is 0 Å². The van der Waals surface area contributed by atoms with Gasteiger partial charge in [0, 0.05) is 13.0 Å². The van der Waals surface area contributed by atoms with E-state index in [1.54, 1.807) is 0 Å². The van der Waals surface area contributed by atoms with E-state index in [9.17, 15) is 40.5 Å². The van der Waals surface area contributed by atoms with Crippen LogP contribution >= 0.6 is 0 Å². The summed E-state index contributed by atoms with van der Waals surface area (Å²) in [7, 11) is 0. The quantitative estimate of drug-likeness (QED) is 0.0349. The molecule has 7 N–H and O–H groups in total. The number of allylic oxidation sites excluding steroid dienone is 2. The molecule has 0 saturated carbocycles. The van der Waals surface area contributed by atoms with E-state index < -0.39 is 86.7 Å². The van der Waals surface area contributed by atoms with Gasteiger partial charge in [0.05, 0.1) is 26.4 Å². The summed E-state index contributed by atoms with van der Waals surface area (Å²) in [6.45, 7) is 3.48. The fourth-order valence-corrected chi connectivity index (χ4v) is 5.98. The molecule has 0 aromatic carbocycles. The highest BCUT2D eigenvalue weighted by Crippen LogP contribution is 2.26. The zero-order valence-corrected chi connectivity index (χ0v) is 30.8. The van der Waals surface area contributed by atoms with E-state index in [1.807, 2.05) is 0 Å². The molecule has 0 aliphatic carbocycles. The number of ether oxygens (including phenoxy) is 6. The van der Waals surface area contributed by atoms with E-state index in [0.29, 0.717) is 13.0 Å². The summed E-state index contributed by atoms with van der Waals surface area (Å²) in [5.74, 6) is -0.398. The second kappa shape index (κ2) is 27.3. The van der Waals surface area contributed by atoms with Crippen molar-refractivity contribution in [1.82, 2.24) is 0 Å². The number of esters is 1. The third kappa shape index (κ3) is 17.6. The number of carbonyl (C=O) groups excluding carboxylic acids is 1. The summed E-state index contributed by atoms with van der Waals surface area (Å²) >= 11 is 0. The van der Waals surface area contributed by atoms with E-state index in [4.69, 9.17) is 28.4 Å². The minimum atomic E-state index is -1.70. The lowest BCUT2D eigenvalue weighted by Crippen LogP contribution is -2.61. The van der Waals surface area contributed by atoms with Gasteiger partial charge in [0.2, 0.25) is 0 Å². The summed E-state index contributed by atoms with van der Waals surface area (Å²) in [6.07, 6.45) is 5.08. The van der Waals surface area contributed by atoms with Gasteiger partial charge in [0.25, 0.3) is 0 Å². The van der Waals surface area contributed by atoms with Crippen LogP contribution in [-0.4, -0.2) is 142 Å². The highest BCUT2D eigenvalue weighted by Gasteiger charge is 2.47. The smallest absolute Gasteiger partial charge is 0.306 e. The fraction of sp³-hybridized carbons (Fsp3) is 0.919. The number of hydrogen-bond acceptors (Lipinski definition) is 14. The first kappa shape index (κ1) is 45.9. The molecule has 0 aromatic rings. The van der Waals surface area contributed by atoms with Crippen molar-refractivity contribution < 1.29 is 69.0 Å². The first-order valence-corrected chi connectivity index (χ1v) is 19.3. The molecule has 51 heavy (non-hydrogen) atoms. The zero-order chi connectivity index (χ0) is 37.4. The van der Waals surface area contributed by atoms with Crippen LogP contribution in [0.15, 0.2) is 12.2 Å². The lowest BCUT2D eigenvalue weighted by Gasteiger charge is -2.42. The van der Waals surface area contributed by atoms with Crippen LogP contribution in [0.5, 0.6) is 0 Å². The van der Waals surface area contributed by atoms with Gasteiger partial charge in [-0.25, -0.2) is 0 Å². The third-order valence-electron chi connectivity index (χ3n) is 9.27. The molecule has 2 aliphatic rings. The molecule has 2 heterocycles. The number of unbranched alkanes of at least 4 members (excludes halogenated alkanes) is 12. The summed E-state index contributed by atoms with van der Waals surface area (Å²) in [5.41, 5.74) is 0. The molecule has 300 valence electrons. The molecule has 2 fully saturated rings. The van der Waals surface area contributed by atoms with Crippen LogP contribution in [0.4, 0.5) is 0 Å². The molecule has 11 atom stereocenters. The maximum atomic E-state index is 12.6. The van der Waals surface area contributed by atoms with Gasteiger partial charge in [0.1, 0.15) is 54.9 Å². The maximum absolute atomic E-state index is 12.6. The average Bonchev–Trinajstić information content (AvgIpc) is 3.12. The molecule has 11 unspecified atom stereocenters. The van der Waals surface area contributed by atoms with Gasteiger partial charge >= 0.3 is 5.97 Å². The van der Waals surface area contributed by atoms with Crippen molar-refractivity contribution in [3.05, 3.63) is 12.2 Å². The Kier molecular flexibility index (Phi) is 24.6. The lowest BCUT2D eigenvalue weighted by molar-refractivity contribution is -0.332. The van der Waals surface area contributed by atoms with Crippen molar-refractivity contribution in [3.63, 3.8) is 0 Å². The Morgan fingerprint density at radius 3 is 1.80 bits per heavy atom. The van der Waals surface area contributed by atoms with Gasteiger partial charge < -0.3 is 64.2 Å². The van der Waals surface area contributed by atoms with E-state index in [0.717, 1.165) is 44.9 Å². The Hall–Kier alpha value is -1.27.